The van der Waals surface area contributed by atoms with E-state index in [1.54, 1.807) is 0 Å². The summed E-state index contributed by atoms with van der Waals surface area (Å²) >= 11 is 0. The summed E-state index contributed by atoms with van der Waals surface area (Å²) in [6.07, 6.45) is -3.43. The number of hydrogen-bond acceptors (Lipinski definition) is 6. The van der Waals surface area contributed by atoms with Crippen molar-refractivity contribution < 1.29 is 22.6 Å². The summed E-state index contributed by atoms with van der Waals surface area (Å²) in [5.41, 5.74) is 0.0446. The average molecular weight is 424 g/mol. The van der Waals surface area contributed by atoms with Crippen LogP contribution in [-0.2, 0) is 12.7 Å². The van der Waals surface area contributed by atoms with Gasteiger partial charge in [-0.1, -0.05) is 6.07 Å². The number of fused-ring (bicyclic) bond motifs is 1. The number of alkyl halides is 3. The molecule has 30 heavy (non-hydrogen) atoms. The molecule has 0 radical (unpaired) electrons. The number of halogens is 3. The lowest BCUT2D eigenvalue weighted by atomic mass is 10.2. The number of aliphatic imine (C=N–C) groups is 1. The van der Waals surface area contributed by atoms with Crippen LogP contribution in [0.25, 0.3) is 0 Å². The number of aromatic nitrogens is 2. The van der Waals surface area contributed by atoms with E-state index in [0.29, 0.717) is 31.3 Å². The molecule has 0 aliphatic carbocycles. The van der Waals surface area contributed by atoms with Gasteiger partial charge >= 0.3 is 6.18 Å². The van der Waals surface area contributed by atoms with Gasteiger partial charge in [0.25, 0.3) is 0 Å². The maximum atomic E-state index is 12.7. The predicted octanol–water partition coefficient (Wildman–Crippen LogP) is 2.73. The molecule has 11 heteroatoms. The quantitative estimate of drug-likeness (QED) is 0.402. The summed E-state index contributed by atoms with van der Waals surface area (Å²) < 4.78 is 48.9. The maximum Gasteiger partial charge on any atom is 0.433 e. The third-order valence-electron chi connectivity index (χ3n) is 4.16. The van der Waals surface area contributed by atoms with Crippen LogP contribution in [0.5, 0.6) is 11.5 Å². The van der Waals surface area contributed by atoms with E-state index in [2.05, 4.69) is 25.6 Å². The zero-order chi connectivity index (χ0) is 21.6. The Morgan fingerprint density at radius 1 is 1.23 bits per heavy atom. The van der Waals surface area contributed by atoms with Crippen molar-refractivity contribution >= 4 is 11.9 Å². The number of nitrogens with one attached hydrogen (secondary N) is 2. The molecule has 162 valence electrons. The maximum absolute atomic E-state index is 12.7. The molecule has 0 saturated heterocycles. The minimum absolute atomic E-state index is 0.0845. The van der Waals surface area contributed by atoms with E-state index in [4.69, 9.17) is 9.47 Å². The zero-order valence-electron chi connectivity index (χ0n) is 16.7. The van der Waals surface area contributed by atoms with Crippen LogP contribution in [0.15, 0.2) is 35.5 Å². The van der Waals surface area contributed by atoms with E-state index in [1.807, 2.05) is 37.1 Å². The molecule has 1 aromatic carbocycles. The van der Waals surface area contributed by atoms with Crippen LogP contribution in [0.1, 0.15) is 18.2 Å². The summed E-state index contributed by atoms with van der Waals surface area (Å²) in [5, 5.41) is 5.96. The first-order chi connectivity index (χ1) is 14.4. The smallest absolute Gasteiger partial charge is 0.433 e. The molecule has 0 saturated carbocycles. The summed E-state index contributed by atoms with van der Waals surface area (Å²) in [6, 6.07) is 6.58. The fraction of sp³-hybridized carbons (Fsp3) is 0.421. The highest BCUT2D eigenvalue weighted by Gasteiger charge is 2.32. The minimum Gasteiger partial charge on any atom is -0.454 e. The van der Waals surface area contributed by atoms with Crippen LogP contribution in [0.3, 0.4) is 0 Å². The molecule has 2 N–H and O–H groups in total. The molecule has 0 bridgehead atoms. The van der Waals surface area contributed by atoms with Gasteiger partial charge in [-0.15, -0.1) is 0 Å². The second-order valence-corrected chi connectivity index (χ2v) is 6.47. The van der Waals surface area contributed by atoms with Crippen LogP contribution < -0.4 is 20.1 Å². The van der Waals surface area contributed by atoms with E-state index >= 15 is 0 Å². The van der Waals surface area contributed by atoms with Gasteiger partial charge in [-0.25, -0.2) is 9.97 Å². The SMILES string of the molecule is CCNC(=NCCNc1nccc(C(F)(F)F)n1)N(C)Cc1ccc2c(c1)OCO2. The normalized spacial score (nSPS) is 13.3. The number of nitrogens with zero attached hydrogens (tertiary/aromatic N) is 4. The second kappa shape index (κ2) is 9.51. The van der Waals surface area contributed by atoms with Gasteiger partial charge < -0.3 is 25.0 Å². The van der Waals surface area contributed by atoms with Crippen molar-refractivity contribution in [2.45, 2.75) is 19.6 Å². The Morgan fingerprint density at radius 3 is 2.80 bits per heavy atom. The van der Waals surface area contributed by atoms with Gasteiger partial charge in [0.15, 0.2) is 17.5 Å². The summed E-state index contributed by atoms with van der Waals surface area (Å²) in [7, 11) is 1.90. The van der Waals surface area contributed by atoms with Crippen LogP contribution in [0, 0.1) is 0 Å². The summed E-state index contributed by atoms with van der Waals surface area (Å²) in [4.78, 5) is 13.7. The molecule has 0 unspecified atom stereocenters. The first-order valence-electron chi connectivity index (χ1n) is 9.39. The van der Waals surface area contributed by atoms with Crippen LogP contribution in [0.2, 0.25) is 0 Å². The Morgan fingerprint density at radius 2 is 2.03 bits per heavy atom. The van der Waals surface area contributed by atoms with Gasteiger partial charge in [0.1, 0.15) is 5.69 Å². The Labute approximate surface area is 172 Å². The number of ether oxygens (including phenoxy) is 2. The van der Waals surface area contributed by atoms with Crippen molar-refractivity contribution in [1.82, 2.24) is 20.2 Å². The van der Waals surface area contributed by atoms with Gasteiger partial charge in [0.05, 0.1) is 6.54 Å². The molecule has 0 amide bonds. The molecule has 1 aromatic heterocycles. The van der Waals surface area contributed by atoms with Gasteiger partial charge in [-0.2, -0.15) is 13.2 Å². The molecule has 0 fully saturated rings. The van der Waals surface area contributed by atoms with Crippen molar-refractivity contribution in [3.8, 4) is 11.5 Å². The largest absolute Gasteiger partial charge is 0.454 e. The van der Waals surface area contributed by atoms with Crippen LogP contribution in [-0.4, -0.2) is 54.3 Å². The topological polar surface area (TPSA) is 83.9 Å². The lowest BCUT2D eigenvalue weighted by Gasteiger charge is -2.22. The average Bonchev–Trinajstić information content (AvgIpc) is 3.17. The summed E-state index contributed by atoms with van der Waals surface area (Å²) in [5.74, 6) is 2.03. The molecular weight excluding hydrogens is 401 g/mol. The fourth-order valence-electron chi connectivity index (χ4n) is 2.79. The minimum atomic E-state index is -4.51. The number of anilines is 1. The standard InChI is InChI=1S/C19H23F3N6O2/c1-3-23-18(28(2)11-13-4-5-14-15(10-13)30-12-29-14)26-9-8-25-17-24-7-6-16(27-17)19(20,21)22/h4-7,10H,3,8-9,11-12H2,1-2H3,(H,23,26)(H,24,25,27). The van der Waals surface area contributed by atoms with Crippen molar-refractivity contribution in [3.63, 3.8) is 0 Å². The number of guanidine groups is 1. The molecular formula is C19H23F3N6O2. The third kappa shape index (κ3) is 5.65. The Balaban J connectivity index is 1.56. The number of rotatable bonds is 7. The number of hydrogen-bond donors (Lipinski definition) is 2. The van der Waals surface area contributed by atoms with Crippen molar-refractivity contribution in [3.05, 3.63) is 41.7 Å². The highest BCUT2D eigenvalue weighted by atomic mass is 19.4. The van der Waals surface area contributed by atoms with E-state index in [9.17, 15) is 13.2 Å². The molecule has 3 rings (SSSR count). The molecule has 0 atom stereocenters. The fourth-order valence-corrected chi connectivity index (χ4v) is 2.79. The van der Waals surface area contributed by atoms with Gasteiger partial charge in [0.2, 0.25) is 12.7 Å². The number of benzene rings is 1. The van der Waals surface area contributed by atoms with Crippen molar-refractivity contribution in [1.29, 1.82) is 0 Å². The van der Waals surface area contributed by atoms with E-state index < -0.39 is 11.9 Å². The van der Waals surface area contributed by atoms with Gasteiger partial charge in [0, 0.05) is 32.9 Å². The molecule has 1 aliphatic heterocycles. The lowest BCUT2D eigenvalue weighted by Crippen LogP contribution is -2.38. The van der Waals surface area contributed by atoms with Gasteiger partial charge in [-0.3, -0.25) is 4.99 Å². The zero-order valence-corrected chi connectivity index (χ0v) is 16.7. The molecule has 2 heterocycles. The van der Waals surface area contributed by atoms with Crippen molar-refractivity contribution in [2.75, 3.05) is 38.8 Å². The molecule has 2 aromatic rings. The molecule has 0 spiro atoms. The summed E-state index contributed by atoms with van der Waals surface area (Å²) in [6.45, 7) is 4.06. The molecule has 1 aliphatic rings. The van der Waals surface area contributed by atoms with E-state index in [-0.39, 0.29) is 19.3 Å². The van der Waals surface area contributed by atoms with Gasteiger partial charge in [-0.05, 0) is 30.7 Å². The Kier molecular flexibility index (Phi) is 6.80. The van der Waals surface area contributed by atoms with E-state index in [0.717, 1.165) is 23.6 Å². The monoisotopic (exact) mass is 424 g/mol. The first kappa shape index (κ1) is 21.5. The van der Waals surface area contributed by atoms with E-state index in [1.165, 1.54) is 0 Å². The Hall–Kier alpha value is -3.24. The van der Waals surface area contributed by atoms with Crippen LogP contribution in [0.4, 0.5) is 19.1 Å². The second-order valence-electron chi connectivity index (χ2n) is 6.47. The van der Waals surface area contributed by atoms with Crippen LogP contribution >= 0.6 is 0 Å². The highest BCUT2D eigenvalue weighted by Crippen LogP contribution is 2.32. The first-order valence-corrected chi connectivity index (χ1v) is 9.39. The highest BCUT2D eigenvalue weighted by molar-refractivity contribution is 5.79. The Bertz CT molecular complexity index is 891. The predicted molar refractivity (Wildman–Crippen MR) is 106 cm³/mol. The third-order valence-corrected chi connectivity index (χ3v) is 4.16. The van der Waals surface area contributed by atoms with Crippen molar-refractivity contribution in [2.24, 2.45) is 4.99 Å². The lowest BCUT2D eigenvalue weighted by molar-refractivity contribution is -0.141. The molecule has 8 nitrogen and oxygen atoms in total.